The van der Waals surface area contributed by atoms with Crippen LogP contribution in [0.15, 0.2) is 46.5 Å². The topological polar surface area (TPSA) is 46.4 Å². The third-order valence-corrected chi connectivity index (χ3v) is 4.63. The highest BCUT2D eigenvalue weighted by atomic mass is 19.4. The van der Waals surface area contributed by atoms with Crippen molar-refractivity contribution in [3.63, 3.8) is 0 Å². The van der Waals surface area contributed by atoms with Gasteiger partial charge in [0, 0.05) is 19.2 Å². The maximum absolute atomic E-state index is 12.7. The van der Waals surface area contributed by atoms with Crippen molar-refractivity contribution in [3.05, 3.63) is 58.7 Å². The molecule has 2 aromatic rings. The van der Waals surface area contributed by atoms with Gasteiger partial charge in [-0.1, -0.05) is 11.2 Å². The van der Waals surface area contributed by atoms with Crippen LogP contribution < -0.4 is 4.74 Å². The number of alkyl halides is 3. The Morgan fingerprint density at radius 2 is 1.84 bits per heavy atom. The van der Waals surface area contributed by atoms with E-state index >= 15 is 0 Å². The largest absolute Gasteiger partial charge is 0.490 e. The van der Waals surface area contributed by atoms with Gasteiger partial charge in [0.1, 0.15) is 12.4 Å². The third kappa shape index (κ3) is 7.31. The molecule has 0 fully saturated rings. The molecule has 8 heteroatoms. The summed E-state index contributed by atoms with van der Waals surface area (Å²) in [6.45, 7) is 8.92. The maximum Gasteiger partial charge on any atom is 0.416 e. The van der Waals surface area contributed by atoms with Crippen molar-refractivity contribution in [2.75, 3.05) is 26.8 Å². The van der Waals surface area contributed by atoms with E-state index in [9.17, 15) is 13.2 Å². The van der Waals surface area contributed by atoms with E-state index < -0.39 is 11.7 Å². The zero-order valence-electron chi connectivity index (χ0n) is 18.5. The molecule has 0 aliphatic rings. The minimum atomic E-state index is -4.40. The smallest absolute Gasteiger partial charge is 0.416 e. The normalized spacial score (nSPS) is 12.3. The minimum Gasteiger partial charge on any atom is -0.490 e. The van der Waals surface area contributed by atoms with E-state index in [0.717, 1.165) is 41.1 Å². The predicted molar refractivity (Wildman–Crippen MR) is 117 cm³/mol. The van der Waals surface area contributed by atoms with E-state index in [-0.39, 0.29) is 19.0 Å². The van der Waals surface area contributed by atoms with E-state index in [2.05, 4.69) is 17.1 Å². The average molecular weight is 435 g/mol. The molecule has 0 saturated carbocycles. The van der Waals surface area contributed by atoms with Gasteiger partial charge >= 0.3 is 6.18 Å². The van der Waals surface area contributed by atoms with Crippen molar-refractivity contribution in [1.29, 1.82) is 0 Å². The molecule has 0 heterocycles. The van der Waals surface area contributed by atoms with Gasteiger partial charge in [0.15, 0.2) is 6.61 Å². The number of halogens is 3. The van der Waals surface area contributed by atoms with Gasteiger partial charge in [-0.2, -0.15) is 13.2 Å². The molecule has 2 rings (SSSR count). The molecular weight excluding hydrogens is 407 g/mol. The van der Waals surface area contributed by atoms with Crippen LogP contribution in [0, 0.1) is 13.8 Å². The first-order valence-corrected chi connectivity index (χ1v) is 9.94. The minimum absolute atomic E-state index is 0.0781. The standard InChI is InChI=1S/C23H28F3N3O2/c1-6-29(5)15-27-22-13-16(2)21(12-17(22)3)18(4)28-31-11-10-30-20-9-7-8-19(14-20)23(24,25)26/h7-9,12-15H,6,10-11H2,1-5H3/b27-15?,28-18+. The zero-order chi connectivity index (χ0) is 23.0. The molecule has 0 aromatic heterocycles. The molecule has 0 amide bonds. The third-order valence-electron chi connectivity index (χ3n) is 4.63. The van der Waals surface area contributed by atoms with Crippen molar-refractivity contribution in [2.45, 2.75) is 33.9 Å². The Hall–Kier alpha value is -3.03. The summed E-state index contributed by atoms with van der Waals surface area (Å²) in [7, 11) is 1.96. The lowest BCUT2D eigenvalue weighted by molar-refractivity contribution is -0.137. The monoisotopic (exact) mass is 435 g/mol. The van der Waals surface area contributed by atoms with Crippen LogP contribution in [0.3, 0.4) is 0 Å². The predicted octanol–water partition coefficient (Wildman–Crippen LogP) is 5.75. The number of hydrogen-bond acceptors (Lipinski definition) is 4. The molecule has 0 atom stereocenters. The van der Waals surface area contributed by atoms with Crippen molar-refractivity contribution in [2.24, 2.45) is 10.1 Å². The number of hydrogen-bond donors (Lipinski definition) is 0. The SMILES string of the molecule is CCN(C)C=Nc1cc(C)c(/C(C)=N/OCCOc2cccc(C(F)(F)F)c2)cc1C. The van der Waals surface area contributed by atoms with Crippen LogP contribution in [-0.4, -0.2) is 43.8 Å². The van der Waals surface area contributed by atoms with E-state index in [1.54, 1.807) is 6.34 Å². The zero-order valence-corrected chi connectivity index (χ0v) is 18.5. The molecule has 0 aliphatic carbocycles. The van der Waals surface area contributed by atoms with Crippen LogP contribution in [0.25, 0.3) is 0 Å². The number of rotatable bonds is 9. The van der Waals surface area contributed by atoms with E-state index in [0.29, 0.717) is 5.71 Å². The molecule has 0 saturated heterocycles. The van der Waals surface area contributed by atoms with E-state index in [4.69, 9.17) is 9.57 Å². The highest BCUT2D eigenvalue weighted by molar-refractivity contribution is 6.00. The second-order valence-corrected chi connectivity index (χ2v) is 7.16. The Bertz CT molecular complexity index is 940. The first-order valence-electron chi connectivity index (χ1n) is 9.94. The molecular formula is C23H28F3N3O2. The van der Waals surface area contributed by atoms with Gasteiger partial charge in [0.05, 0.1) is 23.3 Å². The van der Waals surface area contributed by atoms with Crippen LogP contribution in [0.1, 0.15) is 36.1 Å². The molecule has 168 valence electrons. The summed E-state index contributed by atoms with van der Waals surface area (Å²) in [5.41, 5.74) is 3.82. The van der Waals surface area contributed by atoms with Crippen molar-refractivity contribution in [1.82, 2.24) is 4.90 Å². The number of nitrogens with zero attached hydrogens (tertiary/aromatic N) is 3. The summed E-state index contributed by atoms with van der Waals surface area (Å²) in [6.07, 6.45) is -2.60. The fraction of sp³-hybridized carbons (Fsp3) is 0.391. The summed E-state index contributed by atoms with van der Waals surface area (Å²) in [5, 5.41) is 4.11. The Balaban J connectivity index is 1.94. The first kappa shape index (κ1) is 24.2. The van der Waals surface area contributed by atoms with Crippen LogP contribution >= 0.6 is 0 Å². The highest BCUT2D eigenvalue weighted by Crippen LogP contribution is 2.31. The maximum atomic E-state index is 12.7. The lowest BCUT2D eigenvalue weighted by Crippen LogP contribution is -2.14. The summed E-state index contributed by atoms with van der Waals surface area (Å²) >= 11 is 0. The van der Waals surface area contributed by atoms with Crippen molar-refractivity contribution < 1.29 is 22.7 Å². The lowest BCUT2D eigenvalue weighted by Gasteiger charge is -2.12. The molecule has 0 radical (unpaired) electrons. The van der Waals surface area contributed by atoms with Crippen molar-refractivity contribution in [3.8, 4) is 5.75 Å². The second kappa shape index (κ2) is 10.8. The molecule has 0 unspecified atom stereocenters. The molecule has 0 bridgehead atoms. The molecule has 5 nitrogen and oxygen atoms in total. The summed E-state index contributed by atoms with van der Waals surface area (Å²) in [6, 6.07) is 8.75. The molecule has 31 heavy (non-hydrogen) atoms. The molecule has 0 aliphatic heterocycles. The first-order chi connectivity index (χ1) is 14.6. The summed E-state index contributed by atoms with van der Waals surface area (Å²) in [5.74, 6) is 0.135. The Kier molecular flexibility index (Phi) is 8.47. The van der Waals surface area contributed by atoms with Gasteiger partial charge in [-0.05, 0) is 69.2 Å². The Morgan fingerprint density at radius 1 is 1.10 bits per heavy atom. The number of benzene rings is 2. The fourth-order valence-electron chi connectivity index (χ4n) is 2.72. The second-order valence-electron chi connectivity index (χ2n) is 7.16. The van der Waals surface area contributed by atoms with Gasteiger partial charge in [-0.3, -0.25) is 0 Å². The van der Waals surface area contributed by atoms with Crippen LogP contribution in [0.4, 0.5) is 18.9 Å². The number of oxime groups is 1. The van der Waals surface area contributed by atoms with Gasteiger partial charge in [-0.15, -0.1) is 0 Å². The summed E-state index contributed by atoms with van der Waals surface area (Å²) < 4.78 is 43.5. The van der Waals surface area contributed by atoms with Gasteiger partial charge in [0.25, 0.3) is 0 Å². The molecule has 2 aromatic carbocycles. The summed E-state index contributed by atoms with van der Waals surface area (Å²) in [4.78, 5) is 11.8. The van der Waals surface area contributed by atoms with Gasteiger partial charge in [-0.25, -0.2) is 4.99 Å². The highest BCUT2D eigenvalue weighted by Gasteiger charge is 2.30. The molecule has 0 spiro atoms. The van der Waals surface area contributed by atoms with Crippen LogP contribution in [-0.2, 0) is 11.0 Å². The lowest BCUT2D eigenvalue weighted by atomic mass is 10.0. The van der Waals surface area contributed by atoms with Crippen molar-refractivity contribution >= 4 is 17.7 Å². The van der Waals surface area contributed by atoms with Gasteiger partial charge < -0.3 is 14.5 Å². The van der Waals surface area contributed by atoms with E-state index in [1.807, 2.05) is 44.9 Å². The fourth-order valence-corrected chi connectivity index (χ4v) is 2.72. The Labute approximate surface area is 181 Å². The van der Waals surface area contributed by atoms with E-state index in [1.165, 1.54) is 12.1 Å². The van der Waals surface area contributed by atoms with Crippen LogP contribution in [0.5, 0.6) is 5.75 Å². The molecule has 0 N–H and O–H groups in total. The average Bonchev–Trinajstić information content (AvgIpc) is 2.73. The quantitative estimate of drug-likeness (QED) is 0.218. The number of ether oxygens (including phenoxy) is 1. The van der Waals surface area contributed by atoms with Gasteiger partial charge in [0.2, 0.25) is 0 Å². The Morgan fingerprint density at radius 3 is 2.52 bits per heavy atom. The van der Waals surface area contributed by atoms with Crippen LogP contribution in [0.2, 0.25) is 0 Å². The number of aliphatic imine (C=N–C) groups is 1. The number of aryl methyl sites for hydroxylation is 2.